The Balaban J connectivity index is 3.04. The summed E-state index contributed by atoms with van der Waals surface area (Å²) in [6.07, 6.45) is 0.338. The first-order valence-corrected chi connectivity index (χ1v) is 5.22. The first-order valence-electron chi connectivity index (χ1n) is 4.43. The number of nitrogens with zero attached hydrogens (tertiary/aromatic N) is 2. The highest BCUT2D eigenvalue weighted by Crippen LogP contribution is 2.18. The summed E-state index contributed by atoms with van der Waals surface area (Å²) in [4.78, 5) is 11.6. The Morgan fingerprint density at radius 2 is 2.29 bits per heavy atom. The number of H-pyrrole nitrogens is 1. The van der Waals surface area contributed by atoms with Crippen molar-refractivity contribution in [2.75, 3.05) is 0 Å². The average Bonchev–Trinajstić information content (AvgIpc) is 2.42. The molecule has 0 aromatic carbocycles. The van der Waals surface area contributed by atoms with Gasteiger partial charge in [-0.1, -0.05) is 13.8 Å². The van der Waals surface area contributed by atoms with E-state index in [0.717, 1.165) is 5.69 Å². The molecule has 0 aliphatic carbocycles. The summed E-state index contributed by atoms with van der Waals surface area (Å²) in [6, 6.07) is 2.01. The van der Waals surface area contributed by atoms with Crippen molar-refractivity contribution in [3.8, 4) is 6.07 Å². The molecule has 0 fully saturated rings. The number of aromatic amines is 1. The maximum absolute atomic E-state index is 11.6. The Bertz CT molecular complexity index is 411. The van der Waals surface area contributed by atoms with Gasteiger partial charge < -0.3 is 0 Å². The van der Waals surface area contributed by atoms with Crippen molar-refractivity contribution in [2.24, 2.45) is 0 Å². The molecular weight excluding hydrogens is 246 g/mol. The molecule has 4 nitrogen and oxygen atoms in total. The van der Waals surface area contributed by atoms with E-state index >= 15 is 0 Å². The zero-order chi connectivity index (χ0) is 10.7. The Hall–Kier alpha value is -1.02. The number of nitrogens with one attached hydrogen (secondary N) is 1. The second-order valence-electron chi connectivity index (χ2n) is 3.36. The van der Waals surface area contributed by atoms with E-state index < -0.39 is 0 Å². The third kappa shape index (κ3) is 2.07. The summed E-state index contributed by atoms with van der Waals surface area (Å²) in [5, 5.41) is 11.4. The van der Waals surface area contributed by atoms with Gasteiger partial charge in [0.1, 0.15) is 4.47 Å². The van der Waals surface area contributed by atoms with Crippen LogP contribution in [0.15, 0.2) is 9.27 Å². The van der Waals surface area contributed by atoms with E-state index in [-0.39, 0.29) is 11.5 Å². The Morgan fingerprint density at radius 3 is 2.71 bits per heavy atom. The molecule has 0 radical (unpaired) electrons. The van der Waals surface area contributed by atoms with Gasteiger partial charge in [0, 0.05) is 0 Å². The smallest absolute Gasteiger partial charge is 0.281 e. The lowest BCUT2D eigenvalue weighted by atomic mass is 10.1. The van der Waals surface area contributed by atoms with Gasteiger partial charge in [-0.2, -0.15) is 5.26 Å². The first-order chi connectivity index (χ1) is 6.57. The molecule has 1 aromatic rings. The van der Waals surface area contributed by atoms with E-state index in [1.165, 1.54) is 4.68 Å². The van der Waals surface area contributed by atoms with Crippen LogP contribution in [0.3, 0.4) is 0 Å². The van der Waals surface area contributed by atoms with Gasteiger partial charge in [-0.05, 0) is 21.8 Å². The summed E-state index contributed by atoms with van der Waals surface area (Å²) in [7, 11) is 0. The minimum absolute atomic E-state index is 0.0936. The molecule has 76 valence electrons. The van der Waals surface area contributed by atoms with Crippen molar-refractivity contribution in [3.05, 3.63) is 20.5 Å². The number of hydrogen-bond acceptors (Lipinski definition) is 2. The van der Waals surface area contributed by atoms with Crippen LogP contribution < -0.4 is 5.56 Å². The van der Waals surface area contributed by atoms with Crippen molar-refractivity contribution in [3.63, 3.8) is 0 Å². The largest absolute Gasteiger partial charge is 0.298 e. The SMILES string of the molecule is CC(C)c1[nH]n(CCC#N)c(=O)c1Br. The molecule has 5 heteroatoms. The Kier molecular flexibility index (Phi) is 3.53. The monoisotopic (exact) mass is 257 g/mol. The second-order valence-corrected chi connectivity index (χ2v) is 4.15. The van der Waals surface area contributed by atoms with E-state index in [0.29, 0.717) is 17.4 Å². The number of aromatic nitrogens is 2. The predicted octanol–water partition coefficient (Wildman–Crippen LogP) is 1.98. The molecule has 1 N–H and O–H groups in total. The van der Waals surface area contributed by atoms with Gasteiger partial charge >= 0.3 is 0 Å². The lowest BCUT2D eigenvalue weighted by molar-refractivity contribution is 0.593. The molecule has 1 rings (SSSR count). The van der Waals surface area contributed by atoms with Gasteiger partial charge in [0.25, 0.3) is 5.56 Å². The van der Waals surface area contributed by atoms with Gasteiger partial charge in [0.15, 0.2) is 0 Å². The molecule has 1 aromatic heterocycles. The molecule has 0 amide bonds. The third-order valence-corrected chi connectivity index (χ3v) is 2.72. The number of hydrogen-bond donors (Lipinski definition) is 1. The van der Waals surface area contributed by atoms with Gasteiger partial charge in [0.2, 0.25) is 0 Å². The summed E-state index contributed by atoms with van der Waals surface area (Å²) in [6.45, 7) is 4.43. The number of aryl methyl sites for hydroxylation is 1. The van der Waals surface area contributed by atoms with Crippen LogP contribution in [-0.4, -0.2) is 9.78 Å². The fraction of sp³-hybridized carbons (Fsp3) is 0.556. The number of halogens is 1. The van der Waals surface area contributed by atoms with E-state index in [2.05, 4.69) is 21.0 Å². The van der Waals surface area contributed by atoms with E-state index in [9.17, 15) is 4.79 Å². The molecule has 0 aliphatic rings. The normalized spacial score (nSPS) is 10.5. The first kappa shape index (κ1) is 11.1. The maximum atomic E-state index is 11.6. The predicted molar refractivity (Wildman–Crippen MR) is 57.1 cm³/mol. The van der Waals surface area contributed by atoms with Crippen LogP contribution in [0.25, 0.3) is 0 Å². The van der Waals surface area contributed by atoms with Gasteiger partial charge in [0.05, 0.1) is 24.7 Å². The lowest BCUT2D eigenvalue weighted by Crippen LogP contribution is -2.16. The Labute approximate surface area is 90.6 Å². The lowest BCUT2D eigenvalue weighted by Gasteiger charge is -2.01. The van der Waals surface area contributed by atoms with Crippen LogP contribution in [0, 0.1) is 11.3 Å². The molecule has 14 heavy (non-hydrogen) atoms. The summed E-state index contributed by atoms with van der Waals surface area (Å²) in [5.74, 6) is 0.264. The van der Waals surface area contributed by atoms with Crippen LogP contribution in [0.2, 0.25) is 0 Å². The topological polar surface area (TPSA) is 61.6 Å². The van der Waals surface area contributed by atoms with E-state index in [4.69, 9.17) is 5.26 Å². The van der Waals surface area contributed by atoms with Crippen molar-refractivity contribution < 1.29 is 0 Å². The quantitative estimate of drug-likeness (QED) is 0.900. The molecular formula is C9H12BrN3O. The summed E-state index contributed by atoms with van der Waals surface area (Å²) >= 11 is 3.25. The zero-order valence-electron chi connectivity index (χ0n) is 8.17. The van der Waals surface area contributed by atoms with Crippen LogP contribution in [0.1, 0.15) is 31.9 Å². The fourth-order valence-electron chi connectivity index (χ4n) is 1.18. The van der Waals surface area contributed by atoms with Crippen molar-refractivity contribution >= 4 is 15.9 Å². The minimum atomic E-state index is -0.0936. The summed E-state index contributed by atoms with van der Waals surface area (Å²) in [5.41, 5.74) is 0.789. The molecule has 1 heterocycles. The molecule has 0 saturated heterocycles. The molecule has 0 spiro atoms. The average molecular weight is 258 g/mol. The number of nitriles is 1. The molecule has 0 saturated carbocycles. The van der Waals surface area contributed by atoms with Crippen LogP contribution in [-0.2, 0) is 6.54 Å². The van der Waals surface area contributed by atoms with Gasteiger partial charge in [-0.15, -0.1) is 0 Å². The van der Waals surface area contributed by atoms with Crippen LogP contribution in [0.4, 0.5) is 0 Å². The number of rotatable bonds is 3. The van der Waals surface area contributed by atoms with E-state index in [1.54, 1.807) is 0 Å². The van der Waals surface area contributed by atoms with Crippen molar-refractivity contribution in [1.82, 2.24) is 9.78 Å². The van der Waals surface area contributed by atoms with Crippen molar-refractivity contribution in [1.29, 1.82) is 5.26 Å². The van der Waals surface area contributed by atoms with Crippen LogP contribution in [0.5, 0.6) is 0 Å². The van der Waals surface area contributed by atoms with Crippen LogP contribution >= 0.6 is 15.9 Å². The zero-order valence-corrected chi connectivity index (χ0v) is 9.76. The second kappa shape index (κ2) is 4.47. The molecule has 0 atom stereocenters. The van der Waals surface area contributed by atoms with Gasteiger partial charge in [-0.25, -0.2) is 0 Å². The maximum Gasteiger partial charge on any atom is 0.281 e. The third-order valence-electron chi connectivity index (χ3n) is 1.95. The highest BCUT2D eigenvalue weighted by atomic mass is 79.9. The summed E-state index contributed by atoms with van der Waals surface area (Å²) < 4.78 is 2.04. The molecule has 0 aliphatic heterocycles. The fourth-order valence-corrected chi connectivity index (χ4v) is 1.94. The highest BCUT2D eigenvalue weighted by molar-refractivity contribution is 9.10. The molecule has 0 bridgehead atoms. The van der Waals surface area contributed by atoms with Gasteiger partial charge in [-0.3, -0.25) is 14.6 Å². The minimum Gasteiger partial charge on any atom is -0.298 e. The van der Waals surface area contributed by atoms with Crippen molar-refractivity contribution in [2.45, 2.75) is 32.7 Å². The van der Waals surface area contributed by atoms with E-state index in [1.807, 2.05) is 19.9 Å². The molecule has 0 unspecified atom stereocenters. The highest BCUT2D eigenvalue weighted by Gasteiger charge is 2.13. The standard InChI is InChI=1S/C9H12BrN3O/c1-6(2)8-7(10)9(14)13(12-8)5-3-4-11/h6,12H,3,5H2,1-2H3. The Morgan fingerprint density at radius 1 is 1.64 bits per heavy atom.